The van der Waals surface area contributed by atoms with E-state index < -0.39 is 0 Å². The highest BCUT2D eigenvalue weighted by atomic mass is 15.2. The highest BCUT2D eigenvalue weighted by Gasteiger charge is 2.49. The lowest BCUT2D eigenvalue weighted by Gasteiger charge is -2.34. The predicted octanol–water partition coefficient (Wildman–Crippen LogP) is 13.2. The minimum atomic E-state index is -0.334. The van der Waals surface area contributed by atoms with Gasteiger partial charge in [0.25, 0.3) is 0 Å². The molecule has 2 aliphatic rings. The topological polar surface area (TPSA) is 34.0 Å². The number of hydrogen-bond donors (Lipinski definition) is 0. The molecule has 0 fully saturated rings. The monoisotopic (exact) mass is 728 g/mol. The van der Waals surface area contributed by atoms with Gasteiger partial charge in [-0.1, -0.05) is 146 Å². The second-order valence-electron chi connectivity index (χ2n) is 15.6. The number of rotatable bonds is 4. The van der Waals surface area contributed by atoms with Crippen molar-refractivity contribution in [3.05, 3.63) is 205 Å². The van der Waals surface area contributed by atoms with Crippen LogP contribution in [0.1, 0.15) is 23.7 Å². The summed E-state index contributed by atoms with van der Waals surface area (Å²) in [5.74, 6) is 0.836. The lowest BCUT2D eigenvalue weighted by molar-refractivity contribution is 0.571. The lowest BCUT2D eigenvalue weighted by atomic mass is 9.71. The molecule has 12 rings (SSSR count). The van der Waals surface area contributed by atoms with Gasteiger partial charge in [-0.15, -0.1) is 0 Å². The Labute approximate surface area is 330 Å². The quantitative estimate of drug-likeness (QED) is 0.169. The molecular formula is C53H36N4. The summed E-state index contributed by atoms with van der Waals surface area (Å²) < 4.78 is 2.38. The van der Waals surface area contributed by atoms with E-state index in [1.807, 2.05) is 12.1 Å². The van der Waals surface area contributed by atoms with Crippen molar-refractivity contribution in [2.75, 3.05) is 4.90 Å². The number of benzene rings is 8. The van der Waals surface area contributed by atoms with Crippen LogP contribution in [0.4, 0.5) is 11.4 Å². The Morgan fingerprint density at radius 3 is 2.02 bits per heavy atom. The zero-order valence-corrected chi connectivity index (χ0v) is 31.4. The Balaban J connectivity index is 1.17. The average molecular weight is 729 g/mol. The molecule has 0 saturated carbocycles. The van der Waals surface area contributed by atoms with Crippen LogP contribution in [-0.2, 0) is 11.8 Å². The first-order valence-electron chi connectivity index (χ1n) is 19.7. The van der Waals surface area contributed by atoms with Gasteiger partial charge in [-0.2, -0.15) is 0 Å². The van der Waals surface area contributed by atoms with Crippen LogP contribution >= 0.6 is 0 Å². The fourth-order valence-corrected chi connectivity index (χ4v) is 9.80. The number of aromatic nitrogens is 3. The van der Waals surface area contributed by atoms with E-state index in [9.17, 15) is 0 Å². The summed E-state index contributed by atoms with van der Waals surface area (Å²) >= 11 is 0. The van der Waals surface area contributed by atoms with Gasteiger partial charge in [0.15, 0.2) is 5.82 Å². The molecule has 57 heavy (non-hydrogen) atoms. The first-order chi connectivity index (χ1) is 28.1. The van der Waals surface area contributed by atoms with E-state index in [0.29, 0.717) is 0 Å². The molecule has 4 nitrogen and oxygen atoms in total. The van der Waals surface area contributed by atoms with E-state index in [2.05, 4.69) is 192 Å². The molecule has 10 aromatic rings. The van der Waals surface area contributed by atoms with E-state index in [0.717, 1.165) is 51.4 Å². The van der Waals surface area contributed by atoms with Gasteiger partial charge in [0.1, 0.15) is 5.69 Å². The maximum absolute atomic E-state index is 5.44. The van der Waals surface area contributed by atoms with Gasteiger partial charge in [-0.25, -0.2) is 9.97 Å². The van der Waals surface area contributed by atoms with E-state index in [1.165, 1.54) is 60.6 Å². The van der Waals surface area contributed by atoms with Gasteiger partial charge >= 0.3 is 0 Å². The zero-order valence-electron chi connectivity index (χ0n) is 31.4. The molecule has 0 N–H and O–H groups in total. The first kappa shape index (κ1) is 32.0. The van der Waals surface area contributed by atoms with Gasteiger partial charge < -0.3 is 4.90 Å². The lowest BCUT2D eigenvalue weighted by Crippen LogP contribution is -2.31. The molecule has 3 heterocycles. The van der Waals surface area contributed by atoms with Crippen molar-refractivity contribution in [1.29, 1.82) is 0 Å². The van der Waals surface area contributed by atoms with Crippen molar-refractivity contribution in [2.45, 2.75) is 18.8 Å². The maximum atomic E-state index is 5.44. The van der Waals surface area contributed by atoms with Crippen molar-refractivity contribution in [3.8, 4) is 28.2 Å². The molecule has 2 aromatic heterocycles. The molecule has 0 radical (unpaired) electrons. The Hall–Kier alpha value is -7.30. The minimum Gasteiger partial charge on any atom is -0.313 e. The molecule has 4 heteroatoms. The minimum absolute atomic E-state index is 0.334. The van der Waals surface area contributed by atoms with Crippen LogP contribution in [-0.4, -0.2) is 14.5 Å². The van der Waals surface area contributed by atoms with Crippen LogP contribution < -0.4 is 4.90 Å². The first-order valence-corrected chi connectivity index (χ1v) is 19.7. The number of para-hydroxylation sites is 3. The number of anilines is 2. The van der Waals surface area contributed by atoms with Crippen LogP contribution in [0.3, 0.4) is 0 Å². The van der Waals surface area contributed by atoms with Gasteiger partial charge in [0.2, 0.25) is 0 Å². The van der Waals surface area contributed by atoms with Gasteiger partial charge in [0.05, 0.1) is 27.9 Å². The second-order valence-corrected chi connectivity index (χ2v) is 15.6. The summed E-state index contributed by atoms with van der Waals surface area (Å²) in [6.07, 6.45) is 3.30. The third-order valence-electron chi connectivity index (χ3n) is 12.3. The summed E-state index contributed by atoms with van der Waals surface area (Å²) in [6.45, 7) is 2.47. The van der Waals surface area contributed by atoms with Crippen LogP contribution in [0.15, 0.2) is 188 Å². The van der Waals surface area contributed by atoms with Crippen molar-refractivity contribution in [3.63, 3.8) is 0 Å². The van der Waals surface area contributed by atoms with Crippen LogP contribution in [0.5, 0.6) is 0 Å². The fraction of sp³-hybridized carbons (Fsp3) is 0.0566. The van der Waals surface area contributed by atoms with Crippen LogP contribution in [0.25, 0.3) is 77.8 Å². The van der Waals surface area contributed by atoms with Crippen molar-refractivity contribution in [1.82, 2.24) is 14.5 Å². The van der Waals surface area contributed by atoms with E-state index in [1.54, 1.807) is 0 Å². The van der Waals surface area contributed by atoms with Crippen molar-refractivity contribution in [2.24, 2.45) is 0 Å². The molecule has 1 aliphatic carbocycles. The summed E-state index contributed by atoms with van der Waals surface area (Å²) in [4.78, 5) is 13.3. The third-order valence-corrected chi connectivity index (χ3v) is 12.3. The normalized spacial score (nSPS) is 15.9. The molecule has 1 atom stereocenters. The number of allylic oxidation sites excluding steroid dienone is 1. The summed E-state index contributed by atoms with van der Waals surface area (Å²) in [6, 6.07) is 65.4. The molecular weight excluding hydrogens is 693 g/mol. The summed E-state index contributed by atoms with van der Waals surface area (Å²) in [7, 11) is 0. The van der Waals surface area contributed by atoms with E-state index in [4.69, 9.17) is 9.97 Å². The Bertz CT molecular complexity index is 3290. The Kier molecular flexibility index (Phi) is 6.79. The fourth-order valence-electron chi connectivity index (χ4n) is 9.80. The molecule has 0 amide bonds. The third kappa shape index (κ3) is 4.68. The molecule has 0 saturated heterocycles. The van der Waals surface area contributed by atoms with Gasteiger partial charge in [-0.05, 0) is 99.6 Å². The number of fused-ring (bicyclic) bond motifs is 11. The smallest absolute Gasteiger partial charge is 0.165 e. The molecule has 268 valence electrons. The predicted molar refractivity (Wildman–Crippen MR) is 236 cm³/mol. The standard InChI is InChI=1S/C53H36N4/c1-53-33-43-41-23-10-13-26-46(41)57(52-51(36-18-6-3-7-19-36)54-44-24-11-12-25-45(44)55-52)48(43)32-49(53)56(38-21-14-20-37(31-38)34-15-4-2-5-16-34)47-30-29-40-39-22-9-8-17-35(39)27-28-42(40)50(47)53/h2-32H,33H2,1H3. The Morgan fingerprint density at radius 2 is 1.19 bits per heavy atom. The average Bonchev–Trinajstić information content (AvgIpc) is 3.73. The number of nitrogens with zero attached hydrogens (tertiary/aromatic N) is 4. The zero-order chi connectivity index (χ0) is 37.7. The largest absolute Gasteiger partial charge is 0.313 e. The van der Waals surface area contributed by atoms with Crippen molar-refractivity contribution >= 4 is 60.9 Å². The molecule has 1 unspecified atom stereocenters. The highest BCUT2D eigenvalue weighted by Crippen LogP contribution is 2.59. The van der Waals surface area contributed by atoms with Crippen LogP contribution in [0, 0.1) is 0 Å². The van der Waals surface area contributed by atoms with Crippen LogP contribution in [0.2, 0.25) is 0 Å². The molecule has 8 aromatic carbocycles. The maximum Gasteiger partial charge on any atom is 0.165 e. The molecule has 0 bridgehead atoms. The van der Waals surface area contributed by atoms with Crippen molar-refractivity contribution < 1.29 is 0 Å². The second kappa shape index (κ2) is 12.1. The summed E-state index contributed by atoms with van der Waals surface area (Å²) in [5, 5.41) is 6.39. The number of hydrogen-bond acceptors (Lipinski definition) is 3. The van der Waals surface area contributed by atoms with E-state index >= 15 is 0 Å². The SMILES string of the molecule is CC12Cc3c(n(-c4nc5ccccc5nc4-c4ccccc4)c4ccccc34)C=C1N(c1cccc(-c3ccccc3)c1)c1ccc3c(ccc4ccccc43)c12. The highest BCUT2D eigenvalue weighted by molar-refractivity contribution is 6.12. The van der Waals surface area contributed by atoms with Gasteiger partial charge in [0, 0.05) is 27.7 Å². The van der Waals surface area contributed by atoms with Gasteiger partial charge in [-0.3, -0.25) is 4.57 Å². The Morgan fingerprint density at radius 1 is 0.526 bits per heavy atom. The molecule has 1 aliphatic heterocycles. The van der Waals surface area contributed by atoms with E-state index in [-0.39, 0.29) is 5.41 Å². The molecule has 0 spiro atoms. The summed E-state index contributed by atoms with van der Waals surface area (Å²) in [5.41, 5.74) is 14.3.